The van der Waals surface area contributed by atoms with Gasteiger partial charge < -0.3 is 24.3 Å². The van der Waals surface area contributed by atoms with Crippen LogP contribution in [0.1, 0.15) is 34.9 Å². The number of carbonyl (C=O) groups is 1. The maximum absolute atomic E-state index is 13.7. The van der Waals surface area contributed by atoms with Gasteiger partial charge in [0.2, 0.25) is 0 Å². The summed E-state index contributed by atoms with van der Waals surface area (Å²) in [6.45, 7) is 3.22. The quantitative estimate of drug-likeness (QED) is 0.285. The monoisotopic (exact) mass is 581 g/mol. The van der Waals surface area contributed by atoms with Gasteiger partial charge in [0.05, 0.1) is 22.6 Å². The molecule has 208 valence electrons. The second kappa shape index (κ2) is 12.1. The molecule has 13 heteroatoms. The second-order valence-corrected chi connectivity index (χ2v) is 10.6. The third kappa shape index (κ3) is 6.98. The predicted octanol–water partition coefficient (Wildman–Crippen LogP) is 5.27. The minimum atomic E-state index is -4.62. The summed E-state index contributed by atoms with van der Waals surface area (Å²) in [5.74, 6) is 0.575. The van der Waals surface area contributed by atoms with Gasteiger partial charge in [-0.2, -0.15) is 13.2 Å². The summed E-state index contributed by atoms with van der Waals surface area (Å²) in [4.78, 5) is 24.4. The van der Waals surface area contributed by atoms with Gasteiger partial charge in [0.15, 0.2) is 16.6 Å². The Bertz CT molecular complexity index is 1290. The number of furan rings is 1. The van der Waals surface area contributed by atoms with Crippen molar-refractivity contribution in [2.75, 3.05) is 49.1 Å². The van der Waals surface area contributed by atoms with Crippen LogP contribution >= 0.6 is 23.4 Å². The molecule has 5 rings (SSSR count). The molecule has 1 unspecified atom stereocenters. The Hall–Kier alpha value is -2.96. The number of benzene rings is 1. The van der Waals surface area contributed by atoms with E-state index in [0.29, 0.717) is 50.1 Å². The fourth-order valence-electron chi connectivity index (χ4n) is 4.48. The van der Waals surface area contributed by atoms with E-state index in [1.165, 1.54) is 6.07 Å². The zero-order valence-corrected chi connectivity index (χ0v) is 22.5. The van der Waals surface area contributed by atoms with Gasteiger partial charge >= 0.3 is 6.18 Å². The molecule has 0 saturated carbocycles. The zero-order chi connectivity index (χ0) is 27.4. The minimum absolute atomic E-state index is 0.00492. The molecule has 0 spiro atoms. The lowest BCUT2D eigenvalue weighted by Crippen LogP contribution is -2.47. The Balaban J connectivity index is 1.23. The number of nitrogens with one attached hydrogen (secondary N) is 1. The van der Waals surface area contributed by atoms with Crippen molar-refractivity contribution in [3.05, 3.63) is 64.7 Å². The van der Waals surface area contributed by atoms with Gasteiger partial charge in [-0.25, -0.2) is 9.97 Å². The van der Waals surface area contributed by atoms with E-state index in [2.05, 4.69) is 20.2 Å². The number of ether oxygens (including phenoxy) is 1. The standard InChI is InChI=1S/C26H27ClF3N5O3S/c27-19-5-1-2-6-20(19)34-9-11-35(12-10-34)23-14-22(26(28,29)30)32-25(33-23)39-16-18-7-8-21(38-18)24(36)31-15-17-4-3-13-37-17/h1-2,5-8,14,17H,3-4,9-13,15-16H2,(H,31,36). The van der Waals surface area contributed by atoms with Gasteiger partial charge in [-0.3, -0.25) is 4.79 Å². The Kier molecular flexibility index (Phi) is 8.53. The molecular formula is C26H27ClF3N5O3S. The van der Waals surface area contributed by atoms with Crippen LogP contribution in [0.4, 0.5) is 24.7 Å². The number of carbonyl (C=O) groups excluding carboxylic acids is 1. The molecule has 4 heterocycles. The first kappa shape index (κ1) is 27.6. The van der Waals surface area contributed by atoms with Gasteiger partial charge in [0.1, 0.15) is 11.6 Å². The normalized spacial score (nSPS) is 18.0. The van der Waals surface area contributed by atoms with E-state index in [9.17, 15) is 18.0 Å². The number of rotatable bonds is 8. The number of hydrogen-bond donors (Lipinski definition) is 1. The van der Waals surface area contributed by atoms with E-state index in [0.717, 1.165) is 36.4 Å². The average molecular weight is 582 g/mol. The molecule has 39 heavy (non-hydrogen) atoms. The molecule has 2 aliphatic heterocycles. The lowest BCUT2D eigenvalue weighted by atomic mass is 10.2. The van der Waals surface area contributed by atoms with Gasteiger partial charge in [0, 0.05) is 45.4 Å². The van der Waals surface area contributed by atoms with E-state index in [-0.39, 0.29) is 34.5 Å². The van der Waals surface area contributed by atoms with Crippen LogP contribution in [0.2, 0.25) is 5.02 Å². The van der Waals surface area contributed by atoms with Crippen molar-refractivity contribution in [2.24, 2.45) is 0 Å². The Labute approximate surface area is 232 Å². The minimum Gasteiger partial charge on any atom is -0.455 e. The SMILES string of the molecule is O=C(NCC1CCCO1)c1ccc(CSc2nc(N3CCN(c4ccccc4Cl)CC3)cc(C(F)(F)F)n2)o1. The van der Waals surface area contributed by atoms with E-state index >= 15 is 0 Å². The van der Waals surface area contributed by atoms with Gasteiger partial charge in [0.25, 0.3) is 5.91 Å². The number of halogens is 4. The number of aromatic nitrogens is 2. The van der Waals surface area contributed by atoms with Crippen molar-refractivity contribution in [2.45, 2.75) is 36.0 Å². The number of nitrogens with zero attached hydrogens (tertiary/aromatic N) is 4. The van der Waals surface area contributed by atoms with Crippen LogP contribution in [0.3, 0.4) is 0 Å². The summed E-state index contributed by atoms with van der Waals surface area (Å²) in [6, 6.07) is 11.6. The summed E-state index contributed by atoms with van der Waals surface area (Å²) in [6.07, 6.45) is -2.74. The third-order valence-electron chi connectivity index (χ3n) is 6.52. The molecule has 1 atom stereocenters. The Morgan fingerprint density at radius 2 is 1.87 bits per heavy atom. The molecule has 1 N–H and O–H groups in total. The van der Waals surface area contributed by atoms with Crippen LogP contribution in [0, 0.1) is 0 Å². The summed E-state index contributed by atoms with van der Waals surface area (Å²) >= 11 is 7.33. The van der Waals surface area contributed by atoms with Crippen LogP contribution in [0.15, 0.2) is 52.0 Å². The number of alkyl halides is 3. The van der Waals surface area contributed by atoms with E-state index in [1.54, 1.807) is 6.07 Å². The van der Waals surface area contributed by atoms with Gasteiger partial charge in [-0.05, 0) is 37.1 Å². The smallest absolute Gasteiger partial charge is 0.433 e. The fourth-order valence-corrected chi connectivity index (χ4v) is 5.48. The molecule has 2 saturated heterocycles. The van der Waals surface area contributed by atoms with Crippen molar-refractivity contribution in [1.82, 2.24) is 15.3 Å². The van der Waals surface area contributed by atoms with E-state index in [4.69, 9.17) is 20.8 Å². The zero-order valence-electron chi connectivity index (χ0n) is 20.9. The highest BCUT2D eigenvalue weighted by molar-refractivity contribution is 7.98. The van der Waals surface area contributed by atoms with Crippen molar-refractivity contribution < 1.29 is 27.1 Å². The summed E-state index contributed by atoms with van der Waals surface area (Å²) in [5.41, 5.74) is -0.107. The van der Waals surface area contributed by atoms with Crippen molar-refractivity contribution in [1.29, 1.82) is 0 Å². The summed E-state index contributed by atoms with van der Waals surface area (Å²) in [5, 5.41) is 3.39. The number of thioether (sulfide) groups is 1. The number of amides is 1. The fraction of sp³-hybridized carbons (Fsp3) is 0.423. The van der Waals surface area contributed by atoms with Crippen LogP contribution in [-0.4, -0.2) is 61.3 Å². The molecular weight excluding hydrogens is 555 g/mol. The molecule has 2 aromatic heterocycles. The Morgan fingerprint density at radius 3 is 2.59 bits per heavy atom. The molecule has 3 aromatic rings. The average Bonchev–Trinajstić information content (AvgIpc) is 3.63. The lowest BCUT2D eigenvalue weighted by Gasteiger charge is -2.37. The van der Waals surface area contributed by atoms with Crippen LogP contribution < -0.4 is 15.1 Å². The molecule has 2 aliphatic rings. The third-order valence-corrected chi connectivity index (χ3v) is 7.71. The Morgan fingerprint density at radius 1 is 1.10 bits per heavy atom. The van der Waals surface area contributed by atoms with Gasteiger partial charge in [-0.15, -0.1) is 0 Å². The van der Waals surface area contributed by atoms with E-state index < -0.39 is 11.9 Å². The maximum Gasteiger partial charge on any atom is 0.433 e. The number of hydrogen-bond acceptors (Lipinski definition) is 8. The second-order valence-electron chi connectivity index (χ2n) is 9.22. The van der Waals surface area contributed by atoms with Crippen molar-refractivity contribution in [3.63, 3.8) is 0 Å². The summed E-state index contributed by atoms with van der Waals surface area (Å²) in [7, 11) is 0. The van der Waals surface area contributed by atoms with Crippen LogP contribution in [0.5, 0.6) is 0 Å². The van der Waals surface area contributed by atoms with Crippen LogP contribution in [-0.2, 0) is 16.7 Å². The maximum atomic E-state index is 13.7. The van der Waals surface area contributed by atoms with Crippen molar-refractivity contribution >= 4 is 40.8 Å². The lowest BCUT2D eigenvalue weighted by molar-refractivity contribution is -0.141. The molecule has 2 fully saturated rings. The first-order valence-electron chi connectivity index (χ1n) is 12.6. The molecule has 1 amide bonds. The molecule has 8 nitrogen and oxygen atoms in total. The van der Waals surface area contributed by atoms with Gasteiger partial charge in [-0.1, -0.05) is 35.5 Å². The molecule has 1 aromatic carbocycles. The first-order valence-corrected chi connectivity index (χ1v) is 13.9. The highest BCUT2D eigenvalue weighted by atomic mass is 35.5. The van der Waals surface area contributed by atoms with E-state index in [1.807, 2.05) is 29.2 Å². The molecule has 0 bridgehead atoms. The number of piperazine rings is 1. The number of anilines is 2. The number of para-hydroxylation sites is 1. The highest BCUT2D eigenvalue weighted by Crippen LogP contribution is 2.33. The van der Waals surface area contributed by atoms with Crippen molar-refractivity contribution in [3.8, 4) is 0 Å². The topological polar surface area (TPSA) is 83.7 Å². The van der Waals surface area contributed by atoms with Crippen LogP contribution in [0.25, 0.3) is 0 Å². The highest BCUT2D eigenvalue weighted by Gasteiger charge is 2.35. The summed E-state index contributed by atoms with van der Waals surface area (Å²) < 4.78 is 52.1. The predicted molar refractivity (Wildman–Crippen MR) is 142 cm³/mol. The molecule has 0 radical (unpaired) electrons. The largest absolute Gasteiger partial charge is 0.455 e. The first-order chi connectivity index (χ1) is 18.8. The molecule has 0 aliphatic carbocycles.